The molecule has 18 heavy (non-hydrogen) atoms. The summed E-state index contributed by atoms with van der Waals surface area (Å²) in [7, 11) is 1.63. The number of pyridine rings is 1. The maximum absolute atomic E-state index is 8.66. The summed E-state index contributed by atoms with van der Waals surface area (Å²) < 4.78 is 15.5. The molecule has 0 saturated heterocycles. The molecule has 0 aliphatic heterocycles. The van der Waals surface area contributed by atoms with Crippen LogP contribution in [0.25, 0.3) is 0 Å². The van der Waals surface area contributed by atoms with Crippen LogP contribution in [0.15, 0.2) is 12.3 Å². The summed E-state index contributed by atoms with van der Waals surface area (Å²) in [6.45, 7) is 2.23. The van der Waals surface area contributed by atoms with Crippen LogP contribution in [0, 0.1) is 11.3 Å². The summed E-state index contributed by atoms with van der Waals surface area (Å²) in [5.41, 5.74) is 6.48. The number of hydrogen-bond donors (Lipinski definition) is 1. The minimum absolute atomic E-state index is 0.353. The standard InChI is InChI=1S/C12H17N3O3/c1-16-5-6-17-3-2-4-18-12-11(14)7-10(8-13)9-15-12/h7,9H,2-6,14H2,1H3. The zero-order chi connectivity index (χ0) is 13.2. The molecule has 0 fully saturated rings. The van der Waals surface area contributed by atoms with Gasteiger partial charge < -0.3 is 19.9 Å². The molecule has 0 saturated carbocycles. The molecule has 1 aromatic heterocycles. The minimum Gasteiger partial charge on any atom is -0.476 e. The van der Waals surface area contributed by atoms with E-state index in [2.05, 4.69) is 4.98 Å². The van der Waals surface area contributed by atoms with Gasteiger partial charge >= 0.3 is 0 Å². The number of ether oxygens (including phenoxy) is 3. The molecule has 1 rings (SSSR count). The molecule has 0 aliphatic carbocycles. The van der Waals surface area contributed by atoms with Gasteiger partial charge in [-0.25, -0.2) is 4.98 Å². The summed E-state index contributed by atoms with van der Waals surface area (Å²) in [6.07, 6.45) is 2.17. The van der Waals surface area contributed by atoms with Crippen molar-refractivity contribution in [3.63, 3.8) is 0 Å². The molecule has 0 unspecified atom stereocenters. The normalized spacial score (nSPS) is 10.0. The van der Waals surface area contributed by atoms with Gasteiger partial charge in [0.15, 0.2) is 0 Å². The Morgan fingerprint density at radius 3 is 2.83 bits per heavy atom. The van der Waals surface area contributed by atoms with E-state index in [1.165, 1.54) is 12.3 Å². The molecule has 0 atom stereocenters. The molecule has 6 nitrogen and oxygen atoms in total. The Morgan fingerprint density at radius 2 is 2.17 bits per heavy atom. The van der Waals surface area contributed by atoms with Gasteiger partial charge in [-0.3, -0.25) is 0 Å². The lowest BCUT2D eigenvalue weighted by molar-refractivity contribution is 0.0642. The molecule has 2 N–H and O–H groups in total. The number of nitrogens with two attached hydrogens (primary N) is 1. The van der Waals surface area contributed by atoms with Gasteiger partial charge in [-0.05, 0) is 6.07 Å². The molecule has 0 bridgehead atoms. The average Bonchev–Trinajstić information content (AvgIpc) is 2.39. The van der Waals surface area contributed by atoms with Gasteiger partial charge in [-0.1, -0.05) is 0 Å². The number of nitriles is 1. The predicted molar refractivity (Wildman–Crippen MR) is 66.2 cm³/mol. The molecule has 98 valence electrons. The molecule has 0 aliphatic rings. The van der Waals surface area contributed by atoms with E-state index in [1.807, 2.05) is 6.07 Å². The highest BCUT2D eigenvalue weighted by molar-refractivity contribution is 5.51. The fraction of sp³-hybridized carbons (Fsp3) is 0.500. The van der Waals surface area contributed by atoms with Crippen molar-refractivity contribution in [3.05, 3.63) is 17.8 Å². The highest BCUT2D eigenvalue weighted by atomic mass is 16.5. The van der Waals surface area contributed by atoms with Crippen LogP contribution in [0.1, 0.15) is 12.0 Å². The van der Waals surface area contributed by atoms with Crippen LogP contribution in [0.5, 0.6) is 5.88 Å². The lowest BCUT2D eigenvalue weighted by Gasteiger charge is -2.08. The Bertz CT molecular complexity index is 404. The highest BCUT2D eigenvalue weighted by Crippen LogP contribution is 2.18. The van der Waals surface area contributed by atoms with Crippen LogP contribution in [-0.4, -0.2) is 38.5 Å². The smallest absolute Gasteiger partial charge is 0.237 e. The monoisotopic (exact) mass is 251 g/mol. The zero-order valence-corrected chi connectivity index (χ0v) is 10.4. The van der Waals surface area contributed by atoms with Crippen LogP contribution in [0.4, 0.5) is 5.69 Å². The van der Waals surface area contributed by atoms with E-state index in [9.17, 15) is 0 Å². The molecule has 0 spiro atoms. The molecule has 1 aromatic rings. The van der Waals surface area contributed by atoms with Crippen LogP contribution < -0.4 is 10.5 Å². The fourth-order valence-electron chi connectivity index (χ4n) is 1.23. The van der Waals surface area contributed by atoms with Crippen molar-refractivity contribution >= 4 is 5.69 Å². The largest absolute Gasteiger partial charge is 0.476 e. The Kier molecular flexibility index (Phi) is 6.54. The van der Waals surface area contributed by atoms with Gasteiger partial charge in [0.1, 0.15) is 6.07 Å². The van der Waals surface area contributed by atoms with E-state index in [0.29, 0.717) is 43.6 Å². The summed E-state index contributed by atoms with van der Waals surface area (Å²) in [6, 6.07) is 3.50. The summed E-state index contributed by atoms with van der Waals surface area (Å²) in [4.78, 5) is 3.97. The van der Waals surface area contributed by atoms with Gasteiger partial charge in [0.2, 0.25) is 5.88 Å². The fourth-order valence-corrected chi connectivity index (χ4v) is 1.23. The number of anilines is 1. The first-order valence-corrected chi connectivity index (χ1v) is 5.63. The predicted octanol–water partition coefficient (Wildman–Crippen LogP) is 0.967. The lowest BCUT2D eigenvalue weighted by atomic mass is 10.3. The van der Waals surface area contributed by atoms with Gasteiger partial charge in [-0.2, -0.15) is 5.26 Å². The topological polar surface area (TPSA) is 90.4 Å². The van der Waals surface area contributed by atoms with Crippen LogP contribution >= 0.6 is 0 Å². The number of nitrogens with zero attached hydrogens (tertiary/aromatic N) is 2. The van der Waals surface area contributed by atoms with Crippen molar-refractivity contribution in [2.45, 2.75) is 6.42 Å². The summed E-state index contributed by atoms with van der Waals surface area (Å²) in [5.74, 6) is 0.353. The second kappa shape index (κ2) is 8.28. The molecular weight excluding hydrogens is 234 g/mol. The van der Waals surface area contributed by atoms with E-state index in [0.717, 1.165) is 6.42 Å². The average molecular weight is 251 g/mol. The van der Waals surface area contributed by atoms with Gasteiger partial charge in [-0.15, -0.1) is 0 Å². The number of hydrogen-bond acceptors (Lipinski definition) is 6. The molecule has 1 heterocycles. The summed E-state index contributed by atoms with van der Waals surface area (Å²) >= 11 is 0. The van der Waals surface area contributed by atoms with Crippen LogP contribution in [0.2, 0.25) is 0 Å². The van der Waals surface area contributed by atoms with Crippen molar-refractivity contribution in [3.8, 4) is 11.9 Å². The quantitative estimate of drug-likeness (QED) is 0.692. The van der Waals surface area contributed by atoms with Crippen LogP contribution in [0.3, 0.4) is 0 Å². The van der Waals surface area contributed by atoms with Gasteiger partial charge in [0.25, 0.3) is 0 Å². The third-order valence-corrected chi connectivity index (χ3v) is 2.11. The van der Waals surface area contributed by atoms with Crippen molar-refractivity contribution in [2.24, 2.45) is 0 Å². The number of methoxy groups -OCH3 is 1. The van der Waals surface area contributed by atoms with Gasteiger partial charge in [0, 0.05) is 26.3 Å². The van der Waals surface area contributed by atoms with Crippen molar-refractivity contribution in [1.82, 2.24) is 4.98 Å². The van der Waals surface area contributed by atoms with E-state index in [4.69, 9.17) is 25.2 Å². The van der Waals surface area contributed by atoms with Crippen molar-refractivity contribution in [2.75, 3.05) is 39.3 Å². The Hall–Kier alpha value is -1.84. The minimum atomic E-state index is 0.353. The summed E-state index contributed by atoms with van der Waals surface area (Å²) in [5, 5.41) is 8.66. The maximum Gasteiger partial charge on any atom is 0.237 e. The molecule has 0 radical (unpaired) electrons. The Labute approximate surface area is 106 Å². The highest BCUT2D eigenvalue weighted by Gasteiger charge is 2.03. The Morgan fingerprint density at radius 1 is 1.33 bits per heavy atom. The first-order valence-electron chi connectivity index (χ1n) is 5.63. The molecule has 0 amide bonds. The van der Waals surface area contributed by atoms with Crippen LogP contribution in [-0.2, 0) is 9.47 Å². The Balaban J connectivity index is 2.21. The first-order chi connectivity index (χ1) is 8.77. The van der Waals surface area contributed by atoms with E-state index in [1.54, 1.807) is 7.11 Å². The third kappa shape index (κ3) is 4.99. The molecular formula is C12H17N3O3. The number of aromatic nitrogens is 1. The SMILES string of the molecule is COCCOCCCOc1ncc(C#N)cc1N. The zero-order valence-electron chi connectivity index (χ0n) is 10.4. The first kappa shape index (κ1) is 14.2. The van der Waals surface area contributed by atoms with Gasteiger partial charge in [0.05, 0.1) is 31.1 Å². The maximum atomic E-state index is 8.66. The number of rotatable bonds is 8. The van der Waals surface area contributed by atoms with E-state index >= 15 is 0 Å². The molecule has 0 aromatic carbocycles. The van der Waals surface area contributed by atoms with Crippen molar-refractivity contribution in [1.29, 1.82) is 5.26 Å². The second-order valence-corrected chi connectivity index (χ2v) is 3.54. The number of nitrogen functional groups attached to an aromatic ring is 1. The second-order valence-electron chi connectivity index (χ2n) is 3.54. The van der Waals surface area contributed by atoms with Crippen molar-refractivity contribution < 1.29 is 14.2 Å². The molecule has 6 heteroatoms. The van der Waals surface area contributed by atoms with E-state index in [-0.39, 0.29) is 0 Å². The third-order valence-electron chi connectivity index (χ3n) is 2.11. The van der Waals surface area contributed by atoms with E-state index < -0.39 is 0 Å². The lowest BCUT2D eigenvalue weighted by Crippen LogP contribution is -2.08.